The zero-order valence-corrected chi connectivity index (χ0v) is 16.4. The second-order valence-electron chi connectivity index (χ2n) is 6.72. The molecule has 0 unspecified atom stereocenters. The number of hydrogen-bond donors (Lipinski definition) is 1. The van der Waals surface area contributed by atoms with Crippen LogP contribution in [0.1, 0.15) is 26.4 Å². The fourth-order valence-corrected chi connectivity index (χ4v) is 4.24. The average Bonchev–Trinajstić information content (AvgIpc) is 3.02. The van der Waals surface area contributed by atoms with Gasteiger partial charge in [0.05, 0.1) is 23.1 Å². The zero-order chi connectivity index (χ0) is 19.7. The summed E-state index contributed by atoms with van der Waals surface area (Å²) < 4.78 is 1.59. The van der Waals surface area contributed by atoms with Crippen molar-refractivity contribution in [3.63, 3.8) is 0 Å². The third-order valence-corrected chi connectivity index (χ3v) is 5.79. The second-order valence-corrected chi connectivity index (χ2v) is 7.72. The molecule has 4 aromatic rings. The van der Waals surface area contributed by atoms with E-state index in [0.29, 0.717) is 32.9 Å². The number of fused-ring (bicyclic) bond motifs is 1. The van der Waals surface area contributed by atoms with Gasteiger partial charge >= 0.3 is 0 Å². The van der Waals surface area contributed by atoms with Crippen LogP contribution in [-0.2, 0) is 6.54 Å². The SMILES string of the molecule is Cc1cccc(Cn2cnc3sc(C(=O)Nc4ccccc4)c(C)c3c2=O)c1. The molecule has 0 bridgehead atoms. The first-order valence-electron chi connectivity index (χ1n) is 8.93. The van der Waals surface area contributed by atoms with E-state index in [4.69, 9.17) is 0 Å². The van der Waals surface area contributed by atoms with Crippen LogP contribution in [-0.4, -0.2) is 15.5 Å². The molecule has 4 rings (SSSR count). The third kappa shape index (κ3) is 3.46. The Morgan fingerprint density at radius 3 is 2.64 bits per heavy atom. The molecule has 0 radical (unpaired) electrons. The minimum atomic E-state index is -0.226. The van der Waals surface area contributed by atoms with E-state index in [0.717, 1.165) is 11.1 Å². The lowest BCUT2D eigenvalue weighted by Crippen LogP contribution is -2.21. The Kier molecular flexibility index (Phi) is 4.79. The molecule has 0 fully saturated rings. The predicted octanol–water partition coefficient (Wildman–Crippen LogP) is 4.38. The first-order chi connectivity index (χ1) is 13.5. The van der Waals surface area contributed by atoms with E-state index in [1.807, 2.05) is 55.5 Å². The van der Waals surface area contributed by atoms with Crippen LogP contribution < -0.4 is 10.9 Å². The summed E-state index contributed by atoms with van der Waals surface area (Å²) in [5, 5.41) is 3.39. The first-order valence-corrected chi connectivity index (χ1v) is 9.75. The molecule has 6 heteroatoms. The fourth-order valence-electron chi connectivity index (χ4n) is 3.20. The van der Waals surface area contributed by atoms with E-state index in [1.165, 1.54) is 11.3 Å². The van der Waals surface area contributed by atoms with Gasteiger partial charge in [-0.1, -0.05) is 48.0 Å². The molecule has 2 heterocycles. The van der Waals surface area contributed by atoms with E-state index in [-0.39, 0.29) is 11.5 Å². The monoisotopic (exact) mass is 389 g/mol. The summed E-state index contributed by atoms with van der Waals surface area (Å²) >= 11 is 1.25. The maximum atomic E-state index is 13.0. The molecular formula is C22H19N3O2S. The average molecular weight is 389 g/mol. The first kappa shape index (κ1) is 18.1. The molecule has 140 valence electrons. The van der Waals surface area contributed by atoms with Crippen molar-refractivity contribution in [1.82, 2.24) is 9.55 Å². The Morgan fingerprint density at radius 1 is 1.11 bits per heavy atom. The fraction of sp³-hybridized carbons (Fsp3) is 0.136. The molecule has 0 aliphatic rings. The van der Waals surface area contributed by atoms with Crippen LogP contribution in [0.25, 0.3) is 10.2 Å². The van der Waals surface area contributed by atoms with Crippen LogP contribution in [0, 0.1) is 13.8 Å². The number of aryl methyl sites for hydroxylation is 2. The Bertz CT molecular complexity index is 1230. The molecule has 28 heavy (non-hydrogen) atoms. The molecular weight excluding hydrogens is 370 g/mol. The van der Waals surface area contributed by atoms with Gasteiger partial charge in [-0.3, -0.25) is 14.2 Å². The van der Waals surface area contributed by atoms with Crippen molar-refractivity contribution in [2.24, 2.45) is 0 Å². The highest BCUT2D eigenvalue weighted by molar-refractivity contribution is 7.20. The lowest BCUT2D eigenvalue weighted by atomic mass is 10.1. The molecule has 1 amide bonds. The number of carbonyl (C=O) groups is 1. The number of nitrogens with zero attached hydrogens (tertiary/aromatic N) is 2. The molecule has 0 atom stereocenters. The molecule has 0 aliphatic heterocycles. The Labute approximate surface area is 166 Å². The van der Waals surface area contributed by atoms with Crippen LogP contribution in [0.4, 0.5) is 5.69 Å². The van der Waals surface area contributed by atoms with Crippen molar-refractivity contribution in [2.75, 3.05) is 5.32 Å². The Morgan fingerprint density at radius 2 is 1.89 bits per heavy atom. The molecule has 2 aromatic heterocycles. The number of hydrogen-bond acceptors (Lipinski definition) is 4. The lowest BCUT2D eigenvalue weighted by Gasteiger charge is -2.06. The topological polar surface area (TPSA) is 64.0 Å². The van der Waals surface area contributed by atoms with Gasteiger partial charge in [0.25, 0.3) is 11.5 Å². The second kappa shape index (κ2) is 7.40. The van der Waals surface area contributed by atoms with Gasteiger partial charge in [0, 0.05) is 5.69 Å². The number of nitrogens with one attached hydrogen (secondary N) is 1. The van der Waals surface area contributed by atoms with Crippen molar-refractivity contribution in [3.05, 3.63) is 92.8 Å². The van der Waals surface area contributed by atoms with Crippen molar-refractivity contribution in [3.8, 4) is 0 Å². The molecule has 0 saturated carbocycles. The third-order valence-electron chi connectivity index (χ3n) is 4.59. The maximum absolute atomic E-state index is 13.0. The maximum Gasteiger partial charge on any atom is 0.266 e. The minimum Gasteiger partial charge on any atom is -0.321 e. The smallest absolute Gasteiger partial charge is 0.266 e. The van der Waals surface area contributed by atoms with Crippen LogP contribution >= 0.6 is 11.3 Å². The van der Waals surface area contributed by atoms with Crippen molar-refractivity contribution < 1.29 is 4.79 Å². The summed E-state index contributed by atoms with van der Waals surface area (Å²) in [6, 6.07) is 17.3. The highest BCUT2D eigenvalue weighted by Gasteiger charge is 2.19. The number of aromatic nitrogens is 2. The summed E-state index contributed by atoms with van der Waals surface area (Å²) in [4.78, 5) is 31.3. The largest absolute Gasteiger partial charge is 0.321 e. The number of carbonyl (C=O) groups excluding carboxylic acids is 1. The van der Waals surface area contributed by atoms with Crippen molar-refractivity contribution in [1.29, 1.82) is 0 Å². The highest BCUT2D eigenvalue weighted by atomic mass is 32.1. The predicted molar refractivity (Wildman–Crippen MR) is 113 cm³/mol. The molecule has 0 saturated heterocycles. The minimum absolute atomic E-state index is 0.126. The summed E-state index contributed by atoms with van der Waals surface area (Å²) in [5.74, 6) is -0.226. The Balaban J connectivity index is 1.70. The van der Waals surface area contributed by atoms with Gasteiger partial charge in [-0.25, -0.2) is 4.98 Å². The summed E-state index contributed by atoms with van der Waals surface area (Å²) in [7, 11) is 0. The number of anilines is 1. The molecule has 5 nitrogen and oxygen atoms in total. The Hall–Kier alpha value is -3.25. The van der Waals surface area contributed by atoms with Crippen LogP contribution in [0.2, 0.25) is 0 Å². The van der Waals surface area contributed by atoms with E-state index in [9.17, 15) is 9.59 Å². The number of benzene rings is 2. The van der Waals surface area contributed by atoms with Crippen LogP contribution in [0.5, 0.6) is 0 Å². The van der Waals surface area contributed by atoms with Gasteiger partial charge in [-0.2, -0.15) is 0 Å². The lowest BCUT2D eigenvalue weighted by molar-refractivity contribution is 0.103. The van der Waals surface area contributed by atoms with Gasteiger partial charge in [0.15, 0.2) is 0 Å². The molecule has 2 aromatic carbocycles. The van der Waals surface area contributed by atoms with Gasteiger partial charge in [0.2, 0.25) is 0 Å². The number of para-hydroxylation sites is 1. The van der Waals surface area contributed by atoms with E-state index in [2.05, 4.69) is 16.4 Å². The normalized spacial score (nSPS) is 10.9. The van der Waals surface area contributed by atoms with Gasteiger partial charge in [-0.15, -0.1) is 11.3 Å². The quantitative estimate of drug-likeness (QED) is 0.563. The van der Waals surface area contributed by atoms with Gasteiger partial charge in [0.1, 0.15) is 4.83 Å². The van der Waals surface area contributed by atoms with Crippen LogP contribution in [0.3, 0.4) is 0 Å². The van der Waals surface area contributed by atoms with E-state index >= 15 is 0 Å². The summed E-state index contributed by atoms with van der Waals surface area (Å²) in [5.41, 5.74) is 3.45. The standard InChI is InChI=1S/C22H19N3O2S/c1-14-7-6-8-16(11-14)12-25-13-23-21-18(22(25)27)15(2)19(28-21)20(26)24-17-9-4-3-5-10-17/h3-11,13H,12H2,1-2H3,(H,24,26). The summed E-state index contributed by atoms with van der Waals surface area (Å²) in [6.45, 7) is 4.28. The van der Waals surface area contributed by atoms with Crippen molar-refractivity contribution >= 4 is 33.1 Å². The van der Waals surface area contributed by atoms with E-state index < -0.39 is 0 Å². The molecule has 0 spiro atoms. The van der Waals surface area contributed by atoms with Gasteiger partial charge in [-0.05, 0) is 37.1 Å². The van der Waals surface area contributed by atoms with Crippen LogP contribution in [0.15, 0.2) is 65.7 Å². The summed E-state index contributed by atoms with van der Waals surface area (Å²) in [6.07, 6.45) is 1.56. The molecule has 1 N–H and O–H groups in total. The van der Waals surface area contributed by atoms with Crippen molar-refractivity contribution in [2.45, 2.75) is 20.4 Å². The highest BCUT2D eigenvalue weighted by Crippen LogP contribution is 2.27. The zero-order valence-electron chi connectivity index (χ0n) is 15.6. The van der Waals surface area contributed by atoms with E-state index in [1.54, 1.807) is 17.8 Å². The number of thiophene rings is 1. The van der Waals surface area contributed by atoms with Gasteiger partial charge < -0.3 is 5.32 Å². The number of rotatable bonds is 4. The molecule has 0 aliphatic carbocycles. The number of amides is 1.